The summed E-state index contributed by atoms with van der Waals surface area (Å²) in [5.41, 5.74) is 6.00. The molecule has 0 spiro atoms. The smallest absolute Gasteiger partial charge is 0.274 e. The Balaban J connectivity index is 1.42. The normalized spacial score (nSPS) is 15.9. The number of hydrogen-bond acceptors (Lipinski definition) is 2. The van der Waals surface area contributed by atoms with Crippen LogP contribution in [0.4, 0.5) is 4.39 Å². The second-order valence-corrected chi connectivity index (χ2v) is 7.61. The molecule has 0 saturated heterocycles. The molecule has 2 heterocycles. The van der Waals surface area contributed by atoms with Crippen molar-refractivity contribution in [3.05, 3.63) is 89.0 Å². The third-order valence-electron chi connectivity index (χ3n) is 5.84. The molecule has 29 heavy (non-hydrogen) atoms. The number of rotatable bonds is 3. The molecule has 0 N–H and O–H groups in total. The van der Waals surface area contributed by atoms with Gasteiger partial charge in [0.15, 0.2) is 5.69 Å². The summed E-state index contributed by atoms with van der Waals surface area (Å²) in [6, 6.07) is 16.6. The van der Waals surface area contributed by atoms with Crippen LogP contribution >= 0.6 is 0 Å². The van der Waals surface area contributed by atoms with E-state index in [1.807, 2.05) is 27.8 Å². The Hall–Kier alpha value is -3.21. The molecule has 0 radical (unpaired) electrons. The van der Waals surface area contributed by atoms with Gasteiger partial charge in [0.05, 0.1) is 5.69 Å². The zero-order chi connectivity index (χ0) is 19.8. The molecular formula is C24H22FN3O. The van der Waals surface area contributed by atoms with Crippen LogP contribution in [0.1, 0.15) is 40.2 Å². The number of amides is 1. The van der Waals surface area contributed by atoms with Gasteiger partial charge in [0.2, 0.25) is 0 Å². The Bertz CT molecular complexity index is 1080. The number of nitrogens with zero attached hydrogens (tertiary/aromatic N) is 3. The van der Waals surface area contributed by atoms with Crippen molar-refractivity contribution in [1.82, 2.24) is 14.7 Å². The van der Waals surface area contributed by atoms with Gasteiger partial charge in [0.25, 0.3) is 5.91 Å². The Kier molecular flexibility index (Phi) is 4.51. The first kappa shape index (κ1) is 17.9. The number of carbonyl (C=O) groups excluding carboxylic acids is 1. The molecule has 0 fully saturated rings. The Morgan fingerprint density at radius 3 is 2.48 bits per heavy atom. The van der Waals surface area contributed by atoms with Crippen LogP contribution in [0.25, 0.3) is 11.3 Å². The molecule has 1 amide bonds. The van der Waals surface area contributed by atoms with E-state index >= 15 is 0 Å². The fraction of sp³-hybridized carbons (Fsp3) is 0.250. The lowest BCUT2D eigenvalue weighted by Gasteiger charge is -2.26. The van der Waals surface area contributed by atoms with Gasteiger partial charge < -0.3 is 4.90 Å². The molecule has 0 saturated carbocycles. The van der Waals surface area contributed by atoms with E-state index in [1.54, 1.807) is 12.1 Å². The Morgan fingerprint density at radius 1 is 0.966 bits per heavy atom. The van der Waals surface area contributed by atoms with Gasteiger partial charge in [-0.25, -0.2) is 9.07 Å². The minimum Gasteiger partial charge on any atom is -0.333 e. The van der Waals surface area contributed by atoms with Gasteiger partial charge in [-0.15, -0.1) is 0 Å². The SMILES string of the molecule is O=C(c1nn(-c2ccc(F)cc2)c2c1CCC2)N1CC=C(c2ccccc2)CC1. The highest BCUT2D eigenvalue weighted by Gasteiger charge is 2.30. The van der Waals surface area contributed by atoms with Crippen molar-refractivity contribution in [3.8, 4) is 5.69 Å². The van der Waals surface area contributed by atoms with Crippen molar-refractivity contribution in [1.29, 1.82) is 0 Å². The van der Waals surface area contributed by atoms with Gasteiger partial charge in [-0.3, -0.25) is 4.79 Å². The van der Waals surface area contributed by atoms with Crippen LogP contribution in [0.15, 0.2) is 60.7 Å². The summed E-state index contributed by atoms with van der Waals surface area (Å²) in [6.45, 7) is 1.29. The molecule has 1 aliphatic heterocycles. The van der Waals surface area contributed by atoms with Gasteiger partial charge >= 0.3 is 0 Å². The minimum atomic E-state index is -0.275. The third kappa shape index (κ3) is 3.27. The van der Waals surface area contributed by atoms with Gasteiger partial charge in [-0.2, -0.15) is 5.10 Å². The van der Waals surface area contributed by atoms with E-state index in [-0.39, 0.29) is 11.7 Å². The molecule has 146 valence electrons. The largest absolute Gasteiger partial charge is 0.333 e. The summed E-state index contributed by atoms with van der Waals surface area (Å²) < 4.78 is 15.1. The molecule has 2 aliphatic rings. The number of halogens is 1. The Labute approximate surface area is 169 Å². The molecule has 4 nitrogen and oxygen atoms in total. The molecule has 3 aromatic rings. The van der Waals surface area contributed by atoms with Crippen LogP contribution in [0.3, 0.4) is 0 Å². The van der Waals surface area contributed by atoms with Crippen molar-refractivity contribution in [2.24, 2.45) is 0 Å². The highest BCUT2D eigenvalue weighted by atomic mass is 19.1. The Morgan fingerprint density at radius 2 is 1.76 bits per heavy atom. The van der Waals surface area contributed by atoms with E-state index in [1.165, 1.54) is 23.3 Å². The van der Waals surface area contributed by atoms with Gasteiger partial charge in [-0.1, -0.05) is 36.4 Å². The molecule has 1 aliphatic carbocycles. The lowest BCUT2D eigenvalue weighted by Crippen LogP contribution is -2.35. The molecular weight excluding hydrogens is 365 g/mol. The third-order valence-corrected chi connectivity index (χ3v) is 5.84. The quantitative estimate of drug-likeness (QED) is 0.667. The number of fused-ring (bicyclic) bond motifs is 1. The first-order valence-electron chi connectivity index (χ1n) is 10.1. The van der Waals surface area contributed by atoms with Crippen molar-refractivity contribution in [2.45, 2.75) is 25.7 Å². The molecule has 5 heteroatoms. The van der Waals surface area contributed by atoms with Crippen LogP contribution < -0.4 is 0 Å². The minimum absolute atomic E-state index is 0.00706. The monoisotopic (exact) mass is 387 g/mol. The topological polar surface area (TPSA) is 38.1 Å². The van der Waals surface area contributed by atoms with E-state index in [2.05, 4.69) is 23.3 Å². The van der Waals surface area contributed by atoms with Gasteiger partial charge in [0.1, 0.15) is 5.82 Å². The van der Waals surface area contributed by atoms with E-state index in [9.17, 15) is 9.18 Å². The first-order chi connectivity index (χ1) is 14.2. The lowest BCUT2D eigenvalue weighted by molar-refractivity contribution is 0.0765. The number of aromatic nitrogens is 2. The fourth-order valence-corrected chi connectivity index (χ4v) is 4.32. The summed E-state index contributed by atoms with van der Waals surface area (Å²) in [6.07, 6.45) is 5.78. The maximum atomic E-state index is 13.3. The van der Waals surface area contributed by atoms with E-state index in [4.69, 9.17) is 0 Å². The molecule has 1 aromatic heterocycles. The lowest BCUT2D eigenvalue weighted by atomic mass is 9.99. The van der Waals surface area contributed by atoms with E-state index < -0.39 is 0 Å². The molecule has 0 unspecified atom stereocenters. The number of carbonyl (C=O) groups is 1. The highest BCUT2D eigenvalue weighted by Crippen LogP contribution is 2.30. The molecule has 2 aromatic carbocycles. The van der Waals surface area contributed by atoms with Crippen LogP contribution in [-0.2, 0) is 12.8 Å². The molecule has 0 bridgehead atoms. The van der Waals surface area contributed by atoms with Crippen molar-refractivity contribution >= 4 is 11.5 Å². The van der Waals surface area contributed by atoms with Gasteiger partial charge in [-0.05, 0) is 61.1 Å². The van der Waals surface area contributed by atoms with Crippen LogP contribution in [0.5, 0.6) is 0 Å². The highest BCUT2D eigenvalue weighted by molar-refractivity contribution is 5.95. The van der Waals surface area contributed by atoms with Crippen LogP contribution in [0.2, 0.25) is 0 Å². The summed E-state index contributed by atoms with van der Waals surface area (Å²) >= 11 is 0. The number of benzene rings is 2. The second-order valence-electron chi connectivity index (χ2n) is 7.61. The van der Waals surface area contributed by atoms with E-state index in [0.717, 1.165) is 42.6 Å². The summed E-state index contributed by atoms with van der Waals surface area (Å²) in [4.78, 5) is 15.1. The summed E-state index contributed by atoms with van der Waals surface area (Å²) in [5.74, 6) is -0.282. The van der Waals surface area contributed by atoms with Crippen molar-refractivity contribution in [2.75, 3.05) is 13.1 Å². The van der Waals surface area contributed by atoms with Crippen molar-refractivity contribution < 1.29 is 9.18 Å². The van der Waals surface area contributed by atoms with Crippen LogP contribution in [0, 0.1) is 5.82 Å². The predicted octanol–water partition coefficient (Wildman–Crippen LogP) is 4.43. The van der Waals surface area contributed by atoms with Gasteiger partial charge in [0, 0.05) is 24.3 Å². The average Bonchev–Trinajstić information content (AvgIpc) is 3.38. The molecule has 5 rings (SSSR count). The van der Waals surface area contributed by atoms with Crippen LogP contribution in [-0.4, -0.2) is 33.7 Å². The maximum absolute atomic E-state index is 13.3. The molecule has 0 atom stereocenters. The van der Waals surface area contributed by atoms with Crippen molar-refractivity contribution in [3.63, 3.8) is 0 Å². The van der Waals surface area contributed by atoms with E-state index in [0.29, 0.717) is 18.8 Å². The zero-order valence-electron chi connectivity index (χ0n) is 16.1. The standard InChI is InChI=1S/C24H22FN3O/c25-19-9-11-20(12-10-19)28-22-8-4-7-21(22)23(26-28)24(29)27-15-13-18(14-16-27)17-5-2-1-3-6-17/h1-3,5-6,9-13H,4,7-8,14-16H2. The predicted molar refractivity (Wildman–Crippen MR) is 110 cm³/mol. The summed E-state index contributed by atoms with van der Waals surface area (Å²) in [7, 11) is 0. The first-order valence-corrected chi connectivity index (χ1v) is 10.1. The summed E-state index contributed by atoms with van der Waals surface area (Å²) in [5, 5.41) is 4.67. The fourth-order valence-electron chi connectivity index (χ4n) is 4.32. The average molecular weight is 387 g/mol. The second kappa shape index (κ2) is 7.32. The maximum Gasteiger partial charge on any atom is 0.274 e. The zero-order valence-corrected chi connectivity index (χ0v) is 16.1. The number of hydrogen-bond donors (Lipinski definition) is 0.